The number of para-hydroxylation sites is 1. The van der Waals surface area contributed by atoms with Gasteiger partial charge in [0.15, 0.2) is 0 Å². The third-order valence-electron chi connectivity index (χ3n) is 6.97. The van der Waals surface area contributed by atoms with Crippen molar-refractivity contribution in [3.8, 4) is 5.75 Å². The molecule has 11 heteroatoms. The van der Waals surface area contributed by atoms with Gasteiger partial charge in [-0.05, 0) is 62.3 Å². The molecular formula is C31H43N5O6. The first-order chi connectivity index (χ1) is 20.2. The van der Waals surface area contributed by atoms with Crippen LogP contribution < -0.4 is 31.7 Å². The molecule has 228 valence electrons. The minimum absolute atomic E-state index is 0.0256. The van der Waals surface area contributed by atoms with Gasteiger partial charge in [0, 0.05) is 0 Å². The van der Waals surface area contributed by atoms with Crippen LogP contribution in [0.1, 0.15) is 55.5 Å². The Morgan fingerprint density at radius 2 is 1.48 bits per heavy atom. The Morgan fingerprint density at radius 3 is 2.17 bits per heavy atom. The maximum absolute atomic E-state index is 13.6. The lowest BCUT2D eigenvalue weighted by Gasteiger charge is -2.28. The minimum atomic E-state index is -1.31. The number of carbonyl (C=O) groups is 4. The average Bonchev–Trinajstić information content (AvgIpc) is 2.97. The molecule has 0 aromatic heterocycles. The lowest BCUT2D eigenvalue weighted by atomic mass is 10.0. The summed E-state index contributed by atoms with van der Waals surface area (Å²) in [7, 11) is 0. The first-order valence-electron chi connectivity index (χ1n) is 14.5. The number of carbonyl (C=O) groups excluding carboxylic acids is 4. The lowest BCUT2D eigenvalue weighted by molar-refractivity contribution is -0.133. The molecule has 4 amide bonds. The van der Waals surface area contributed by atoms with Crippen molar-refractivity contribution in [2.75, 3.05) is 19.8 Å². The molecule has 3 rings (SSSR count). The number of hydrogen-bond donors (Lipinski definition) is 6. The van der Waals surface area contributed by atoms with E-state index in [9.17, 15) is 24.3 Å². The van der Waals surface area contributed by atoms with Gasteiger partial charge >= 0.3 is 0 Å². The van der Waals surface area contributed by atoms with Crippen molar-refractivity contribution in [2.24, 2.45) is 11.7 Å². The van der Waals surface area contributed by atoms with Crippen LogP contribution in [-0.4, -0.2) is 72.7 Å². The predicted molar refractivity (Wildman–Crippen MR) is 159 cm³/mol. The number of aliphatic hydroxyl groups excluding tert-OH is 1. The van der Waals surface area contributed by atoms with Gasteiger partial charge in [-0.15, -0.1) is 0 Å². The molecule has 0 aliphatic carbocycles. The predicted octanol–water partition coefficient (Wildman–Crippen LogP) is 1.04. The Hall–Kier alpha value is -3.96. The molecule has 4 atom stereocenters. The van der Waals surface area contributed by atoms with E-state index in [-0.39, 0.29) is 36.2 Å². The van der Waals surface area contributed by atoms with Crippen LogP contribution in [0.4, 0.5) is 0 Å². The summed E-state index contributed by atoms with van der Waals surface area (Å²) in [5.74, 6) is -1.97. The summed E-state index contributed by atoms with van der Waals surface area (Å²) in [6.45, 7) is 3.61. The molecule has 11 nitrogen and oxygen atoms in total. The molecular weight excluding hydrogens is 538 g/mol. The number of ether oxygens (including phenoxy) is 1. The van der Waals surface area contributed by atoms with Crippen molar-refractivity contribution in [1.82, 2.24) is 21.3 Å². The normalized spacial score (nSPS) is 22.3. The summed E-state index contributed by atoms with van der Waals surface area (Å²) in [5.41, 5.74) is 6.82. The van der Waals surface area contributed by atoms with Gasteiger partial charge in [-0.3, -0.25) is 19.2 Å². The molecule has 0 unspecified atom stereocenters. The van der Waals surface area contributed by atoms with Crippen LogP contribution in [0, 0.1) is 5.92 Å². The second-order valence-electron chi connectivity index (χ2n) is 10.9. The van der Waals surface area contributed by atoms with Crippen LogP contribution in [-0.2, 0) is 20.8 Å². The van der Waals surface area contributed by atoms with Gasteiger partial charge in [0.05, 0.1) is 18.2 Å². The number of unbranched alkanes of at least 4 members (excludes halogenated alkanes) is 1. The molecule has 2 aromatic rings. The highest BCUT2D eigenvalue weighted by Crippen LogP contribution is 2.19. The molecule has 1 aliphatic heterocycles. The quantitative estimate of drug-likeness (QED) is 0.240. The molecule has 0 saturated heterocycles. The molecule has 0 fully saturated rings. The minimum Gasteiger partial charge on any atom is -0.491 e. The fraction of sp³-hybridized carbons (Fsp3) is 0.484. The summed E-state index contributed by atoms with van der Waals surface area (Å²) < 4.78 is 6.06. The molecule has 0 bridgehead atoms. The van der Waals surface area contributed by atoms with Crippen molar-refractivity contribution in [2.45, 2.75) is 70.1 Å². The SMILES string of the molecule is CC(C)C[C@@H]1NC(=O)[C@H](CO)NC(=O)c2ccccc2OC[C@H](Cc2ccccc2)NC(=O)[C@H](CCCCN)NC1=O. The Kier molecular flexibility index (Phi) is 12.8. The average molecular weight is 582 g/mol. The van der Waals surface area contributed by atoms with E-state index in [0.717, 1.165) is 5.56 Å². The first-order valence-corrected chi connectivity index (χ1v) is 14.5. The molecule has 1 aliphatic rings. The zero-order valence-electron chi connectivity index (χ0n) is 24.3. The van der Waals surface area contributed by atoms with Gasteiger partial charge in [-0.1, -0.05) is 56.3 Å². The zero-order valence-corrected chi connectivity index (χ0v) is 24.3. The lowest BCUT2D eigenvalue weighted by Crippen LogP contribution is -2.58. The Labute approximate surface area is 247 Å². The van der Waals surface area contributed by atoms with E-state index in [2.05, 4.69) is 21.3 Å². The Balaban J connectivity index is 2.00. The van der Waals surface area contributed by atoms with Crippen LogP contribution in [0.3, 0.4) is 0 Å². The third kappa shape index (κ3) is 9.85. The summed E-state index contributed by atoms with van der Waals surface area (Å²) in [6, 6.07) is 12.5. The van der Waals surface area contributed by atoms with Crippen LogP contribution in [0.2, 0.25) is 0 Å². The maximum Gasteiger partial charge on any atom is 0.255 e. The Morgan fingerprint density at radius 1 is 0.833 bits per heavy atom. The third-order valence-corrected chi connectivity index (χ3v) is 6.97. The van der Waals surface area contributed by atoms with Gasteiger partial charge < -0.3 is 36.8 Å². The topological polar surface area (TPSA) is 172 Å². The molecule has 42 heavy (non-hydrogen) atoms. The van der Waals surface area contributed by atoms with E-state index in [4.69, 9.17) is 10.5 Å². The number of nitrogens with one attached hydrogen (secondary N) is 4. The number of fused-ring (bicyclic) bond motifs is 1. The highest BCUT2D eigenvalue weighted by atomic mass is 16.5. The second kappa shape index (κ2) is 16.5. The summed E-state index contributed by atoms with van der Waals surface area (Å²) >= 11 is 0. The number of aliphatic hydroxyl groups is 1. The number of benzene rings is 2. The van der Waals surface area contributed by atoms with Gasteiger partial charge in [0.25, 0.3) is 5.91 Å². The van der Waals surface area contributed by atoms with Gasteiger partial charge in [-0.2, -0.15) is 0 Å². The van der Waals surface area contributed by atoms with E-state index >= 15 is 0 Å². The van der Waals surface area contributed by atoms with E-state index in [1.807, 2.05) is 44.2 Å². The van der Waals surface area contributed by atoms with Crippen LogP contribution in [0.15, 0.2) is 54.6 Å². The van der Waals surface area contributed by atoms with Crippen molar-refractivity contribution in [1.29, 1.82) is 0 Å². The van der Waals surface area contributed by atoms with Crippen LogP contribution in [0.25, 0.3) is 0 Å². The van der Waals surface area contributed by atoms with Crippen molar-refractivity contribution >= 4 is 23.6 Å². The number of amides is 4. The van der Waals surface area contributed by atoms with E-state index in [1.54, 1.807) is 24.3 Å². The zero-order chi connectivity index (χ0) is 30.5. The van der Waals surface area contributed by atoms with Crippen molar-refractivity contribution in [3.63, 3.8) is 0 Å². The van der Waals surface area contributed by atoms with E-state index in [1.165, 1.54) is 0 Å². The fourth-order valence-corrected chi connectivity index (χ4v) is 4.76. The molecule has 0 saturated carbocycles. The summed E-state index contributed by atoms with van der Waals surface area (Å²) in [5, 5.41) is 21.0. The number of nitrogens with two attached hydrogens (primary N) is 1. The first kappa shape index (κ1) is 32.6. The second-order valence-corrected chi connectivity index (χ2v) is 10.9. The van der Waals surface area contributed by atoms with E-state index < -0.39 is 48.5 Å². The fourth-order valence-electron chi connectivity index (χ4n) is 4.76. The highest BCUT2D eigenvalue weighted by molar-refractivity contribution is 6.00. The molecule has 1 heterocycles. The van der Waals surface area contributed by atoms with Crippen molar-refractivity contribution < 1.29 is 29.0 Å². The molecule has 0 spiro atoms. The smallest absolute Gasteiger partial charge is 0.255 e. The maximum atomic E-state index is 13.6. The molecule has 2 aromatic carbocycles. The molecule has 7 N–H and O–H groups in total. The molecule has 0 radical (unpaired) electrons. The monoisotopic (exact) mass is 581 g/mol. The van der Waals surface area contributed by atoms with Crippen LogP contribution >= 0.6 is 0 Å². The highest BCUT2D eigenvalue weighted by Gasteiger charge is 2.31. The number of hydrogen-bond acceptors (Lipinski definition) is 7. The van der Waals surface area contributed by atoms with Gasteiger partial charge in [0.1, 0.15) is 30.5 Å². The largest absolute Gasteiger partial charge is 0.491 e. The van der Waals surface area contributed by atoms with E-state index in [0.29, 0.717) is 32.2 Å². The standard InChI is InChI=1S/C31H43N5O6/c1-20(2)16-25-30(40)34-24(13-8-9-15-32)29(39)33-22(17-21-10-4-3-5-11-21)19-42-27-14-7-6-12-23(27)28(38)36-26(18-37)31(41)35-25/h3-7,10-12,14,20,22,24-26,37H,8-9,13,15-19,32H2,1-2H3,(H,33,39)(H,34,40)(H,35,41)(H,36,38)/t22-,24-,25-,26-/m0/s1. The summed E-state index contributed by atoms with van der Waals surface area (Å²) in [4.78, 5) is 53.4. The Bertz CT molecular complexity index is 1190. The van der Waals surface area contributed by atoms with Crippen molar-refractivity contribution in [3.05, 3.63) is 65.7 Å². The van der Waals surface area contributed by atoms with Gasteiger partial charge in [-0.25, -0.2) is 0 Å². The summed E-state index contributed by atoms with van der Waals surface area (Å²) in [6.07, 6.45) is 2.38. The number of rotatable bonds is 9. The van der Waals surface area contributed by atoms with Gasteiger partial charge in [0.2, 0.25) is 17.7 Å². The van der Waals surface area contributed by atoms with Crippen LogP contribution in [0.5, 0.6) is 5.75 Å².